The fourth-order valence-corrected chi connectivity index (χ4v) is 4.67. The number of anilines is 1. The van der Waals surface area contributed by atoms with Crippen molar-refractivity contribution in [1.82, 2.24) is 29.0 Å². The zero-order valence-electron chi connectivity index (χ0n) is 19.5. The highest BCUT2D eigenvalue weighted by atomic mass is 32.2. The second-order valence-corrected chi connectivity index (χ2v) is 9.82. The van der Waals surface area contributed by atoms with E-state index in [9.17, 15) is 33.0 Å². The number of amides is 1. The fraction of sp³-hybridized carbons (Fsp3) is 0.333. The molecule has 4 rings (SSSR count). The number of nitrogen functional groups attached to an aromatic ring is 1. The third kappa shape index (κ3) is 5.76. The molecule has 1 saturated heterocycles. The van der Waals surface area contributed by atoms with Crippen LogP contribution in [0.15, 0.2) is 36.9 Å². The van der Waals surface area contributed by atoms with E-state index in [2.05, 4.69) is 19.7 Å². The number of nitrogens with two attached hydrogens (primary N) is 1. The largest absolute Gasteiger partial charge is 0.478 e. The number of aromatic nitrogens is 4. The van der Waals surface area contributed by atoms with Crippen LogP contribution in [0.2, 0.25) is 0 Å². The minimum Gasteiger partial charge on any atom is -0.478 e. The fourth-order valence-electron chi connectivity index (χ4n) is 3.81. The van der Waals surface area contributed by atoms with Gasteiger partial charge in [-0.2, -0.15) is 13.1 Å². The first kappa shape index (κ1) is 27.0. The Balaban J connectivity index is 1.31. The summed E-state index contributed by atoms with van der Waals surface area (Å²) >= 11 is 0. The third-order valence-electron chi connectivity index (χ3n) is 5.73. The standard InChI is InChI=1S/C21H23N7O9S/c22-18-15-19(24-8-23-18)28(9-25-15)20-17(32)16(31)13(37-20)7-26-38(35,36)27-14(30)5-4-12(29)10-2-1-3-11(6-10)21(33)34/h1-3,6,8-9,13,16-17,20,26,31-32H,4-5,7H2,(H,27,30)(H,33,34)(H2,22,23,24)/t13-,16-,17-,20-/m1/s1. The van der Waals surface area contributed by atoms with Crippen molar-refractivity contribution in [3.63, 3.8) is 0 Å². The maximum absolute atomic E-state index is 12.3. The normalized spacial score (nSPS) is 21.4. The van der Waals surface area contributed by atoms with E-state index < -0.39 is 65.4 Å². The molecule has 16 nitrogen and oxygen atoms in total. The topological polar surface area (TPSA) is 249 Å². The molecule has 1 aliphatic rings. The van der Waals surface area contributed by atoms with Crippen molar-refractivity contribution < 1.29 is 42.9 Å². The van der Waals surface area contributed by atoms with Gasteiger partial charge in [-0.3, -0.25) is 14.2 Å². The second kappa shape index (κ2) is 10.8. The summed E-state index contributed by atoms with van der Waals surface area (Å²) in [5.41, 5.74) is 6.19. The van der Waals surface area contributed by atoms with Crippen molar-refractivity contribution >= 4 is 44.9 Å². The molecule has 1 aliphatic heterocycles. The third-order valence-corrected chi connectivity index (χ3v) is 6.77. The van der Waals surface area contributed by atoms with Crippen LogP contribution in [0.5, 0.6) is 0 Å². The van der Waals surface area contributed by atoms with Gasteiger partial charge in [0.2, 0.25) is 5.91 Å². The molecule has 17 heteroatoms. The van der Waals surface area contributed by atoms with Crippen molar-refractivity contribution in [1.29, 1.82) is 0 Å². The maximum Gasteiger partial charge on any atom is 0.335 e. The van der Waals surface area contributed by atoms with Crippen LogP contribution in [-0.2, 0) is 19.7 Å². The Hall–Kier alpha value is -4.03. The lowest BCUT2D eigenvalue weighted by Gasteiger charge is -2.16. The Labute approximate surface area is 214 Å². The first-order valence-electron chi connectivity index (χ1n) is 11.1. The van der Waals surface area contributed by atoms with Gasteiger partial charge in [-0.1, -0.05) is 12.1 Å². The molecule has 38 heavy (non-hydrogen) atoms. The smallest absolute Gasteiger partial charge is 0.335 e. The molecular formula is C21H23N7O9S. The molecule has 2 aromatic heterocycles. The summed E-state index contributed by atoms with van der Waals surface area (Å²) in [5, 5.41) is 29.8. The summed E-state index contributed by atoms with van der Waals surface area (Å²) in [7, 11) is -4.42. The summed E-state index contributed by atoms with van der Waals surface area (Å²) in [6, 6.07) is 5.22. The number of carbonyl (C=O) groups excluding carboxylic acids is 2. The molecule has 0 bridgehead atoms. The van der Waals surface area contributed by atoms with Crippen LogP contribution in [0.3, 0.4) is 0 Å². The second-order valence-electron chi connectivity index (χ2n) is 8.32. The van der Waals surface area contributed by atoms with E-state index in [0.717, 1.165) is 6.07 Å². The van der Waals surface area contributed by atoms with Gasteiger partial charge in [-0.05, 0) is 12.1 Å². The van der Waals surface area contributed by atoms with Crippen molar-refractivity contribution in [2.45, 2.75) is 37.4 Å². The van der Waals surface area contributed by atoms with Gasteiger partial charge in [0.25, 0.3) is 0 Å². The molecule has 3 heterocycles. The van der Waals surface area contributed by atoms with Crippen LogP contribution in [0.25, 0.3) is 11.2 Å². The summed E-state index contributed by atoms with van der Waals surface area (Å²) in [5.74, 6) is -2.66. The number of aliphatic hydroxyl groups excluding tert-OH is 2. The summed E-state index contributed by atoms with van der Waals surface area (Å²) in [4.78, 5) is 47.3. The first-order chi connectivity index (χ1) is 18.0. The average molecular weight is 550 g/mol. The van der Waals surface area contributed by atoms with Gasteiger partial charge in [0, 0.05) is 24.9 Å². The number of aliphatic hydroxyl groups is 2. The predicted octanol–water partition coefficient (Wildman–Crippen LogP) is -1.66. The summed E-state index contributed by atoms with van der Waals surface area (Å²) in [6.07, 6.45) is -3.74. The molecule has 1 amide bonds. The number of carboxylic acid groups (broad SMARTS) is 1. The molecule has 1 fully saturated rings. The lowest BCUT2D eigenvalue weighted by molar-refractivity contribution is -0.119. The number of ether oxygens (including phenoxy) is 1. The minimum atomic E-state index is -4.42. The van der Waals surface area contributed by atoms with Crippen LogP contribution >= 0.6 is 0 Å². The van der Waals surface area contributed by atoms with Gasteiger partial charge >= 0.3 is 16.2 Å². The number of aromatic carboxylic acids is 1. The molecule has 0 saturated carbocycles. The van der Waals surface area contributed by atoms with Crippen LogP contribution < -0.4 is 15.2 Å². The zero-order valence-corrected chi connectivity index (χ0v) is 20.3. The highest BCUT2D eigenvalue weighted by molar-refractivity contribution is 7.88. The Morgan fingerprint density at radius 1 is 1.08 bits per heavy atom. The predicted molar refractivity (Wildman–Crippen MR) is 128 cm³/mol. The van der Waals surface area contributed by atoms with Crippen LogP contribution in [0, 0.1) is 0 Å². The number of hydrogen-bond donors (Lipinski definition) is 6. The molecule has 0 unspecified atom stereocenters. The number of nitrogens with one attached hydrogen (secondary N) is 2. The quantitative estimate of drug-likeness (QED) is 0.155. The SMILES string of the molecule is Nc1ncnc2c1ncn2[C@@H]1O[C@H](CNS(=O)(=O)NC(=O)CCC(=O)c2cccc(C(=O)O)c2)[C@@H](O)[C@H]1O. The molecule has 0 radical (unpaired) electrons. The van der Waals surface area contributed by atoms with Crippen molar-refractivity contribution in [2.24, 2.45) is 0 Å². The van der Waals surface area contributed by atoms with Gasteiger partial charge in [-0.25, -0.2) is 24.5 Å². The van der Waals surface area contributed by atoms with E-state index in [1.165, 1.54) is 35.4 Å². The highest BCUT2D eigenvalue weighted by Crippen LogP contribution is 2.31. The van der Waals surface area contributed by atoms with Crippen LogP contribution in [0.1, 0.15) is 39.8 Å². The lowest BCUT2D eigenvalue weighted by atomic mass is 10.0. The Bertz CT molecular complexity index is 1490. The number of hydrogen-bond acceptors (Lipinski definition) is 12. The first-order valence-corrected chi connectivity index (χ1v) is 12.6. The van der Waals surface area contributed by atoms with E-state index in [1.807, 2.05) is 0 Å². The van der Waals surface area contributed by atoms with Gasteiger partial charge in [-0.15, -0.1) is 0 Å². The number of carbonyl (C=O) groups is 3. The molecule has 7 N–H and O–H groups in total. The molecule has 3 aromatic rings. The molecule has 0 aliphatic carbocycles. The minimum absolute atomic E-state index is 0.0685. The number of fused-ring (bicyclic) bond motifs is 1. The number of benzene rings is 1. The van der Waals surface area contributed by atoms with Gasteiger partial charge in [0.1, 0.15) is 30.2 Å². The highest BCUT2D eigenvalue weighted by Gasteiger charge is 2.44. The van der Waals surface area contributed by atoms with E-state index in [1.54, 1.807) is 4.72 Å². The Morgan fingerprint density at radius 2 is 1.82 bits per heavy atom. The number of ketones is 1. The van der Waals surface area contributed by atoms with Crippen LogP contribution in [0.4, 0.5) is 5.82 Å². The van der Waals surface area contributed by atoms with Crippen molar-refractivity contribution in [3.05, 3.63) is 48.0 Å². The summed E-state index contributed by atoms with van der Waals surface area (Å²) < 4.78 is 35.4. The monoisotopic (exact) mass is 549 g/mol. The van der Waals surface area contributed by atoms with Gasteiger partial charge < -0.3 is 25.8 Å². The maximum atomic E-state index is 12.3. The van der Waals surface area contributed by atoms with Crippen molar-refractivity contribution in [3.8, 4) is 0 Å². The lowest BCUT2D eigenvalue weighted by Crippen LogP contribution is -2.45. The van der Waals surface area contributed by atoms with E-state index >= 15 is 0 Å². The van der Waals surface area contributed by atoms with Crippen LogP contribution in [-0.4, -0.2) is 85.8 Å². The number of nitrogens with zero attached hydrogens (tertiary/aromatic N) is 4. The summed E-state index contributed by atoms with van der Waals surface area (Å²) in [6.45, 7) is -0.512. The molecule has 202 valence electrons. The van der Waals surface area contributed by atoms with Gasteiger partial charge in [0.05, 0.1) is 11.9 Å². The molecular weight excluding hydrogens is 526 g/mol. The van der Waals surface area contributed by atoms with Crippen molar-refractivity contribution in [2.75, 3.05) is 12.3 Å². The zero-order chi connectivity index (χ0) is 27.6. The number of carboxylic acids is 1. The van der Waals surface area contributed by atoms with Gasteiger partial charge in [0.15, 0.2) is 23.5 Å². The Morgan fingerprint density at radius 3 is 2.55 bits per heavy atom. The average Bonchev–Trinajstić information content (AvgIpc) is 3.43. The number of Topliss-reactive ketones (excluding diaryl/α,β-unsaturated/α-hetero) is 1. The van der Waals surface area contributed by atoms with E-state index in [4.69, 9.17) is 15.6 Å². The molecule has 0 spiro atoms. The number of imidazole rings is 1. The van der Waals surface area contributed by atoms with E-state index in [-0.39, 0.29) is 34.5 Å². The number of rotatable bonds is 10. The van der Waals surface area contributed by atoms with E-state index in [0.29, 0.717) is 0 Å². The molecule has 4 atom stereocenters. The molecule has 1 aromatic carbocycles. The Kier molecular flexibility index (Phi) is 7.65.